The van der Waals surface area contributed by atoms with Crippen LogP contribution in [0.3, 0.4) is 0 Å². The van der Waals surface area contributed by atoms with Crippen LogP contribution in [0.25, 0.3) is 11.4 Å². The molecule has 1 aromatic heterocycles. The van der Waals surface area contributed by atoms with Crippen molar-refractivity contribution in [2.75, 3.05) is 12.3 Å². The molecule has 0 aliphatic carbocycles. The van der Waals surface area contributed by atoms with Crippen molar-refractivity contribution in [1.82, 2.24) is 15.5 Å². The molecule has 94 valence electrons. The number of benzene rings is 1. The average Bonchev–Trinajstić information content (AvgIpc) is 2.83. The standard InChI is InChI=1S/C12H13N3O2S/c1-8-14-11(15-17-8)9-3-2-4-10(7-9)12(16)13-5-6-18/h2-4,7,18H,5-6H2,1H3,(H,13,16). The molecule has 1 heterocycles. The molecule has 0 unspecified atom stereocenters. The second-order valence-corrected chi connectivity index (χ2v) is 4.14. The Balaban J connectivity index is 2.22. The zero-order valence-corrected chi connectivity index (χ0v) is 10.8. The number of thiol groups is 1. The molecule has 0 fully saturated rings. The lowest BCUT2D eigenvalue weighted by molar-refractivity contribution is 0.0956. The molecule has 0 bridgehead atoms. The molecule has 0 aliphatic rings. The first-order valence-electron chi connectivity index (χ1n) is 5.50. The van der Waals surface area contributed by atoms with Gasteiger partial charge in [-0.15, -0.1) is 0 Å². The van der Waals surface area contributed by atoms with E-state index in [-0.39, 0.29) is 5.91 Å². The van der Waals surface area contributed by atoms with Crippen molar-refractivity contribution in [2.45, 2.75) is 6.92 Å². The third-order valence-electron chi connectivity index (χ3n) is 2.31. The molecule has 0 saturated carbocycles. The van der Waals surface area contributed by atoms with Gasteiger partial charge in [0.2, 0.25) is 11.7 Å². The predicted molar refractivity (Wildman–Crippen MR) is 70.7 cm³/mol. The highest BCUT2D eigenvalue weighted by Gasteiger charge is 2.09. The van der Waals surface area contributed by atoms with Crippen LogP contribution in [0.1, 0.15) is 16.2 Å². The monoisotopic (exact) mass is 263 g/mol. The Labute approximate surface area is 110 Å². The van der Waals surface area contributed by atoms with E-state index < -0.39 is 0 Å². The molecule has 0 atom stereocenters. The number of carbonyl (C=O) groups is 1. The van der Waals surface area contributed by atoms with E-state index >= 15 is 0 Å². The van der Waals surface area contributed by atoms with Gasteiger partial charge in [-0.05, 0) is 12.1 Å². The maximum absolute atomic E-state index is 11.8. The zero-order chi connectivity index (χ0) is 13.0. The predicted octanol–water partition coefficient (Wildman–Crippen LogP) is 1.70. The van der Waals surface area contributed by atoms with E-state index in [2.05, 4.69) is 28.1 Å². The van der Waals surface area contributed by atoms with E-state index in [1.165, 1.54) is 0 Å². The third-order valence-corrected chi connectivity index (χ3v) is 2.53. The van der Waals surface area contributed by atoms with Gasteiger partial charge >= 0.3 is 0 Å². The van der Waals surface area contributed by atoms with Crippen molar-refractivity contribution >= 4 is 18.5 Å². The Hall–Kier alpha value is -1.82. The van der Waals surface area contributed by atoms with Gasteiger partial charge in [-0.1, -0.05) is 17.3 Å². The Kier molecular flexibility index (Phi) is 3.99. The van der Waals surface area contributed by atoms with Crippen molar-refractivity contribution in [3.63, 3.8) is 0 Å². The van der Waals surface area contributed by atoms with Gasteiger partial charge < -0.3 is 9.84 Å². The second kappa shape index (κ2) is 5.68. The first kappa shape index (κ1) is 12.6. The molecule has 2 rings (SSSR count). The maximum atomic E-state index is 11.8. The van der Waals surface area contributed by atoms with Crippen LogP contribution in [-0.2, 0) is 0 Å². The van der Waals surface area contributed by atoms with Crippen LogP contribution in [0.4, 0.5) is 0 Å². The van der Waals surface area contributed by atoms with Crippen LogP contribution < -0.4 is 5.32 Å². The second-order valence-electron chi connectivity index (χ2n) is 3.70. The molecule has 1 amide bonds. The van der Waals surface area contributed by atoms with Crippen molar-refractivity contribution in [2.24, 2.45) is 0 Å². The van der Waals surface area contributed by atoms with E-state index in [1.807, 2.05) is 6.07 Å². The summed E-state index contributed by atoms with van der Waals surface area (Å²) in [5, 5.41) is 6.57. The third kappa shape index (κ3) is 2.89. The Morgan fingerprint density at radius 2 is 2.33 bits per heavy atom. The number of aryl methyl sites for hydroxylation is 1. The van der Waals surface area contributed by atoms with Crippen LogP contribution in [-0.4, -0.2) is 28.3 Å². The zero-order valence-electron chi connectivity index (χ0n) is 9.88. The first-order chi connectivity index (χ1) is 8.70. The summed E-state index contributed by atoms with van der Waals surface area (Å²) in [6.07, 6.45) is 0. The smallest absolute Gasteiger partial charge is 0.251 e. The summed E-state index contributed by atoms with van der Waals surface area (Å²) in [5.41, 5.74) is 1.32. The fourth-order valence-corrected chi connectivity index (χ4v) is 1.60. The lowest BCUT2D eigenvalue weighted by Crippen LogP contribution is -2.25. The largest absolute Gasteiger partial charge is 0.351 e. The summed E-state index contributed by atoms with van der Waals surface area (Å²) in [4.78, 5) is 15.9. The number of hydrogen-bond acceptors (Lipinski definition) is 5. The van der Waals surface area contributed by atoms with Crippen molar-refractivity contribution in [3.8, 4) is 11.4 Å². The van der Waals surface area contributed by atoms with E-state index in [4.69, 9.17) is 4.52 Å². The van der Waals surface area contributed by atoms with Gasteiger partial charge in [0.15, 0.2) is 0 Å². The van der Waals surface area contributed by atoms with E-state index in [0.717, 1.165) is 5.56 Å². The molecular weight excluding hydrogens is 250 g/mol. The number of nitrogens with zero attached hydrogens (tertiary/aromatic N) is 2. The number of hydrogen-bond donors (Lipinski definition) is 2. The molecule has 1 N–H and O–H groups in total. The number of carbonyl (C=O) groups excluding carboxylic acids is 1. The SMILES string of the molecule is Cc1nc(-c2cccc(C(=O)NCCS)c2)no1. The van der Waals surface area contributed by atoms with Crippen LogP contribution in [0.15, 0.2) is 28.8 Å². The van der Waals surface area contributed by atoms with E-state index in [1.54, 1.807) is 25.1 Å². The number of nitrogens with one attached hydrogen (secondary N) is 1. The van der Waals surface area contributed by atoms with Gasteiger partial charge in [0.1, 0.15) is 0 Å². The molecule has 18 heavy (non-hydrogen) atoms. The van der Waals surface area contributed by atoms with Gasteiger partial charge in [0.05, 0.1) is 0 Å². The highest BCUT2D eigenvalue weighted by molar-refractivity contribution is 7.80. The summed E-state index contributed by atoms with van der Waals surface area (Å²) in [7, 11) is 0. The highest BCUT2D eigenvalue weighted by Crippen LogP contribution is 2.17. The fourth-order valence-electron chi connectivity index (χ4n) is 1.49. The van der Waals surface area contributed by atoms with Gasteiger partial charge in [0.25, 0.3) is 5.91 Å². The number of aromatic nitrogens is 2. The molecule has 1 aromatic carbocycles. The van der Waals surface area contributed by atoms with Gasteiger partial charge in [-0.3, -0.25) is 4.79 Å². The Morgan fingerprint density at radius 1 is 1.50 bits per heavy atom. The maximum Gasteiger partial charge on any atom is 0.251 e. The van der Waals surface area contributed by atoms with Gasteiger partial charge in [0, 0.05) is 30.3 Å². The molecule has 0 aliphatic heterocycles. The minimum atomic E-state index is -0.133. The topological polar surface area (TPSA) is 68.0 Å². The molecule has 2 aromatic rings. The number of amides is 1. The first-order valence-corrected chi connectivity index (χ1v) is 6.14. The lowest BCUT2D eigenvalue weighted by Gasteiger charge is -2.03. The molecular formula is C12H13N3O2S. The Bertz CT molecular complexity index is 554. The normalized spacial score (nSPS) is 10.3. The van der Waals surface area contributed by atoms with E-state index in [9.17, 15) is 4.79 Å². The quantitative estimate of drug-likeness (QED) is 0.824. The number of rotatable bonds is 4. The van der Waals surface area contributed by atoms with Crippen molar-refractivity contribution in [1.29, 1.82) is 0 Å². The minimum Gasteiger partial charge on any atom is -0.351 e. The molecule has 6 heteroatoms. The summed E-state index contributed by atoms with van der Waals surface area (Å²) < 4.78 is 4.91. The van der Waals surface area contributed by atoms with Crippen LogP contribution in [0.2, 0.25) is 0 Å². The van der Waals surface area contributed by atoms with E-state index in [0.29, 0.717) is 29.6 Å². The molecule has 0 radical (unpaired) electrons. The average molecular weight is 263 g/mol. The highest BCUT2D eigenvalue weighted by atomic mass is 32.1. The molecule has 0 spiro atoms. The summed E-state index contributed by atoms with van der Waals surface area (Å²) in [5.74, 6) is 1.45. The fraction of sp³-hybridized carbons (Fsp3) is 0.250. The van der Waals surface area contributed by atoms with Crippen molar-refractivity contribution < 1.29 is 9.32 Å². The molecule has 0 saturated heterocycles. The van der Waals surface area contributed by atoms with Gasteiger partial charge in [-0.2, -0.15) is 17.6 Å². The summed E-state index contributed by atoms with van der Waals surface area (Å²) >= 11 is 4.04. The van der Waals surface area contributed by atoms with Gasteiger partial charge in [-0.25, -0.2) is 0 Å². The van der Waals surface area contributed by atoms with Crippen LogP contribution in [0, 0.1) is 6.92 Å². The Morgan fingerprint density at radius 3 is 3.00 bits per heavy atom. The minimum absolute atomic E-state index is 0.133. The molecule has 5 nitrogen and oxygen atoms in total. The van der Waals surface area contributed by atoms with Crippen molar-refractivity contribution in [3.05, 3.63) is 35.7 Å². The lowest BCUT2D eigenvalue weighted by atomic mass is 10.1. The summed E-state index contributed by atoms with van der Waals surface area (Å²) in [6, 6.07) is 7.10. The van der Waals surface area contributed by atoms with Crippen LogP contribution in [0.5, 0.6) is 0 Å². The summed E-state index contributed by atoms with van der Waals surface area (Å²) in [6.45, 7) is 2.26. The van der Waals surface area contributed by atoms with Crippen LogP contribution >= 0.6 is 12.6 Å².